The van der Waals surface area contributed by atoms with E-state index in [1.807, 2.05) is 0 Å². The molecule has 3 nitrogen and oxygen atoms in total. The van der Waals surface area contributed by atoms with E-state index in [9.17, 15) is 0 Å². The highest BCUT2D eigenvalue weighted by Crippen LogP contribution is 2.47. The van der Waals surface area contributed by atoms with Crippen LogP contribution in [0.25, 0.3) is 82.5 Å². The first kappa shape index (κ1) is 36.3. The summed E-state index contributed by atoms with van der Waals surface area (Å²) in [4.78, 5) is 0. The van der Waals surface area contributed by atoms with E-state index in [0.717, 1.165) is 28.1 Å². The summed E-state index contributed by atoms with van der Waals surface area (Å²) in [6.07, 6.45) is 0. The Balaban J connectivity index is 1.14. The molecule has 0 amide bonds. The molecule has 0 saturated carbocycles. The Kier molecular flexibility index (Phi) is 8.13. The Bertz CT molecular complexity index is 3670. The second-order valence-electron chi connectivity index (χ2n) is 16.8. The molecular weight excluding hydrogens is 775 g/mol. The van der Waals surface area contributed by atoms with Crippen molar-refractivity contribution < 1.29 is 0 Å². The van der Waals surface area contributed by atoms with Gasteiger partial charge in [0.2, 0.25) is 0 Å². The average Bonchev–Trinajstić information content (AvgIpc) is 4.01. The molecule has 0 aliphatic heterocycles. The Morgan fingerprint density at radius 1 is 0.234 bits per heavy atom. The van der Waals surface area contributed by atoms with Gasteiger partial charge in [0.25, 0.3) is 0 Å². The van der Waals surface area contributed by atoms with Gasteiger partial charge in [-0.2, -0.15) is 0 Å². The van der Waals surface area contributed by atoms with Gasteiger partial charge in [0.15, 0.2) is 0 Å². The van der Waals surface area contributed by atoms with Gasteiger partial charge in [-0.15, -0.1) is 0 Å². The topological polar surface area (TPSA) is 14.8 Å². The fraction of sp³-hybridized carbons (Fsp3) is 0.0164. The first-order valence-electron chi connectivity index (χ1n) is 22.1. The summed E-state index contributed by atoms with van der Waals surface area (Å²) in [6.45, 7) is 0. The third kappa shape index (κ3) is 5.22. The minimum Gasteiger partial charge on any atom is -0.309 e. The minimum atomic E-state index is -0.547. The molecule has 3 heteroatoms. The van der Waals surface area contributed by atoms with Crippen LogP contribution in [-0.4, -0.2) is 13.7 Å². The lowest BCUT2D eigenvalue weighted by molar-refractivity contribution is 0.745. The van der Waals surface area contributed by atoms with Crippen molar-refractivity contribution >= 4 is 65.4 Å². The lowest BCUT2D eigenvalue weighted by Gasteiger charge is -2.37. The van der Waals surface area contributed by atoms with Gasteiger partial charge in [-0.3, -0.25) is 0 Å². The van der Waals surface area contributed by atoms with E-state index < -0.39 is 5.41 Å². The van der Waals surface area contributed by atoms with Crippen molar-refractivity contribution in [3.8, 4) is 17.1 Å². The monoisotopic (exact) mass is 815 g/mol. The van der Waals surface area contributed by atoms with Crippen molar-refractivity contribution in [2.45, 2.75) is 5.41 Å². The second kappa shape index (κ2) is 14.3. The first-order chi connectivity index (χ1) is 31.8. The number of fused-ring (bicyclic) bond motifs is 9. The lowest BCUT2D eigenvalue weighted by Crippen LogP contribution is -2.31. The molecule has 300 valence electrons. The SMILES string of the molecule is c1ccc(C(c2ccccc2)(c2ccccc2)c2ccc(-n3c4ccccc4c4cc(-n5c6ccccc6c6ccccc65)cc(-n5c6ccccc6c6ccccc65)c43)cc2)cc1. The predicted octanol–water partition coefficient (Wildman–Crippen LogP) is 15.4. The molecule has 13 aromatic rings. The van der Waals surface area contributed by atoms with Crippen molar-refractivity contribution in [1.82, 2.24) is 13.7 Å². The summed E-state index contributed by atoms with van der Waals surface area (Å²) >= 11 is 0. The summed E-state index contributed by atoms with van der Waals surface area (Å²) in [5.74, 6) is 0. The van der Waals surface area contributed by atoms with Crippen LogP contribution >= 0.6 is 0 Å². The predicted molar refractivity (Wildman–Crippen MR) is 268 cm³/mol. The molecular formula is C61H41N3. The van der Waals surface area contributed by atoms with Crippen LogP contribution < -0.4 is 0 Å². The Hall–Kier alpha value is -8.40. The standard InChI is InChI=1S/C61H41N3/c1-4-20-42(21-5-1)61(43-22-6-2-7-23-43,44-24-8-3-9-25-44)45-36-38-46(39-37-45)63-56-33-17-14-30-52(56)53-40-47(62-54-31-15-10-26-48(54)49-27-11-16-32-55(49)62)41-59(60(53)63)64-57-34-18-12-28-50(57)51-29-13-19-35-58(51)64/h1-41H. The zero-order valence-electron chi connectivity index (χ0n) is 35.0. The maximum absolute atomic E-state index is 2.50. The number of para-hydroxylation sites is 5. The summed E-state index contributed by atoms with van der Waals surface area (Å²) in [7, 11) is 0. The number of aromatic nitrogens is 3. The molecule has 13 rings (SSSR count). The number of rotatable bonds is 7. The molecule has 0 aliphatic rings. The molecule has 0 bridgehead atoms. The van der Waals surface area contributed by atoms with Crippen LogP contribution in [0.1, 0.15) is 22.3 Å². The molecule has 0 radical (unpaired) electrons. The van der Waals surface area contributed by atoms with E-state index >= 15 is 0 Å². The highest BCUT2D eigenvalue weighted by Gasteiger charge is 2.38. The third-order valence-electron chi connectivity index (χ3n) is 13.6. The van der Waals surface area contributed by atoms with Gasteiger partial charge in [-0.05, 0) is 76.9 Å². The third-order valence-corrected chi connectivity index (χ3v) is 13.6. The lowest BCUT2D eigenvalue weighted by atomic mass is 9.65. The van der Waals surface area contributed by atoms with Crippen molar-refractivity contribution in [2.24, 2.45) is 0 Å². The van der Waals surface area contributed by atoms with Crippen molar-refractivity contribution in [2.75, 3.05) is 0 Å². The van der Waals surface area contributed by atoms with Gasteiger partial charge < -0.3 is 13.7 Å². The highest BCUT2D eigenvalue weighted by atomic mass is 15.1. The van der Waals surface area contributed by atoms with E-state index in [1.165, 1.54) is 76.6 Å². The van der Waals surface area contributed by atoms with Crippen LogP contribution in [0.5, 0.6) is 0 Å². The number of hydrogen-bond donors (Lipinski definition) is 0. The first-order valence-corrected chi connectivity index (χ1v) is 22.1. The van der Waals surface area contributed by atoms with Gasteiger partial charge in [0.05, 0.1) is 44.2 Å². The quantitative estimate of drug-likeness (QED) is 0.142. The van der Waals surface area contributed by atoms with Crippen LogP contribution in [0.3, 0.4) is 0 Å². The van der Waals surface area contributed by atoms with E-state index in [4.69, 9.17) is 0 Å². The molecule has 0 aliphatic carbocycles. The fourth-order valence-corrected chi connectivity index (χ4v) is 10.9. The van der Waals surface area contributed by atoms with Gasteiger partial charge in [0.1, 0.15) is 0 Å². The van der Waals surface area contributed by atoms with Gasteiger partial charge in [0, 0.05) is 43.7 Å². The molecule has 0 unspecified atom stereocenters. The Morgan fingerprint density at radius 2 is 0.562 bits per heavy atom. The average molecular weight is 816 g/mol. The summed E-state index contributed by atoms with van der Waals surface area (Å²) in [6, 6.07) is 91.4. The zero-order valence-corrected chi connectivity index (χ0v) is 35.0. The molecule has 0 atom stereocenters. The second-order valence-corrected chi connectivity index (χ2v) is 16.8. The summed E-state index contributed by atoms with van der Waals surface area (Å²) in [5, 5.41) is 7.37. The van der Waals surface area contributed by atoms with E-state index in [-0.39, 0.29) is 0 Å². The van der Waals surface area contributed by atoms with Crippen molar-refractivity contribution in [1.29, 1.82) is 0 Å². The Morgan fingerprint density at radius 3 is 0.984 bits per heavy atom. The molecule has 10 aromatic carbocycles. The van der Waals surface area contributed by atoms with Crippen molar-refractivity contribution in [3.63, 3.8) is 0 Å². The van der Waals surface area contributed by atoms with E-state index in [1.54, 1.807) is 0 Å². The highest BCUT2D eigenvalue weighted by molar-refractivity contribution is 6.16. The Labute approximate surface area is 370 Å². The van der Waals surface area contributed by atoms with Crippen LogP contribution in [0.15, 0.2) is 249 Å². The summed E-state index contributed by atoms with van der Waals surface area (Å²) in [5.41, 5.74) is 14.7. The molecule has 64 heavy (non-hydrogen) atoms. The molecule has 0 saturated heterocycles. The van der Waals surface area contributed by atoms with Crippen LogP contribution in [-0.2, 0) is 5.41 Å². The number of nitrogens with zero attached hydrogens (tertiary/aromatic N) is 3. The number of hydrogen-bond acceptors (Lipinski definition) is 0. The molecule has 0 fully saturated rings. The fourth-order valence-electron chi connectivity index (χ4n) is 10.9. The van der Waals surface area contributed by atoms with Crippen LogP contribution in [0, 0.1) is 0 Å². The maximum atomic E-state index is 2.50. The maximum Gasteiger partial charge on any atom is 0.0784 e. The van der Waals surface area contributed by atoms with Gasteiger partial charge in [-0.25, -0.2) is 0 Å². The normalized spacial score (nSPS) is 12.1. The molecule has 3 aromatic heterocycles. The number of benzene rings is 10. The molecule has 0 N–H and O–H groups in total. The van der Waals surface area contributed by atoms with Crippen LogP contribution in [0.2, 0.25) is 0 Å². The molecule has 3 heterocycles. The van der Waals surface area contributed by atoms with Gasteiger partial charge in [-0.1, -0.05) is 194 Å². The summed E-state index contributed by atoms with van der Waals surface area (Å²) < 4.78 is 7.45. The van der Waals surface area contributed by atoms with E-state index in [2.05, 4.69) is 262 Å². The van der Waals surface area contributed by atoms with E-state index in [0.29, 0.717) is 0 Å². The smallest absolute Gasteiger partial charge is 0.0784 e. The van der Waals surface area contributed by atoms with Crippen molar-refractivity contribution in [3.05, 3.63) is 271 Å². The zero-order chi connectivity index (χ0) is 42.2. The minimum absolute atomic E-state index is 0.547. The largest absolute Gasteiger partial charge is 0.309 e. The van der Waals surface area contributed by atoms with Crippen LogP contribution in [0.4, 0.5) is 0 Å². The molecule has 0 spiro atoms. The van der Waals surface area contributed by atoms with Gasteiger partial charge >= 0.3 is 0 Å².